The minimum Gasteiger partial charge on any atom is -0.383 e. The average Bonchev–Trinajstić information content (AvgIpc) is 2.28. The second-order valence-electron chi connectivity index (χ2n) is 3.69. The summed E-state index contributed by atoms with van der Waals surface area (Å²) in [6.45, 7) is 2.55. The van der Waals surface area contributed by atoms with E-state index in [-0.39, 0.29) is 11.6 Å². The lowest BCUT2D eigenvalue weighted by Crippen LogP contribution is -2.32. The van der Waals surface area contributed by atoms with E-state index in [1.54, 1.807) is 19.2 Å². The van der Waals surface area contributed by atoms with Gasteiger partial charge in [0.2, 0.25) is 0 Å². The summed E-state index contributed by atoms with van der Waals surface area (Å²) < 4.78 is 18.4. The van der Waals surface area contributed by atoms with Crippen molar-refractivity contribution in [2.45, 2.75) is 13.0 Å². The SMILES string of the molecule is COCC(C)N(C)c1ccc(C#N)c(F)c1. The van der Waals surface area contributed by atoms with Gasteiger partial charge in [-0.1, -0.05) is 0 Å². The van der Waals surface area contributed by atoms with Gasteiger partial charge < -0.3 is 9.64 Å². The number of nitrogens with zero attached hydrogens (tertiary/aromatic N) is 2. The lowest BCUT2D eigenvalue weighted by molar-refractivity contribution is 0.183. The molecular weight excluding hydrogens is 207 g/mol. The van der Waals surface area contributed by atoms with Crippen molar-refractivity contribution >= 4 is 5.69 Å². The largest absolute Gasteiger partial charge is 0.383 e. The predicted molar refractivity (Wildman–Crippen MR) is 60.9 cm³/mol. The summed E-state index contributed by atoms with van der Waals surface area (Å²) in [6, 6.07) is 6.53. The maximum Gasteiger partial charge on any atom is 0.143 e. The molecule has 0 saturated heterocycles. The third-order valence-corrected chi connectivity index (χ3v) is 2.55. The van der Waals surface area contributed by atoms with Gasteiger partial charge in [0.1, 0.15) is 11.9 Å². The number of hydrogen-bond donors (Lipinski definition) is 0. The van der Waals surface area contributed by atoms with Gasteiger partial charge in [0.25, 0.3) is 0 Å². The Morgan fingerprint density at radius 2 is 2.25 bits per heavy atom. The fourth-order valence-electron chi connectivity index (χ4n) is 1.42. The van der Waals surface area contributed by atoms with Gasteiger partial charge in [0.05, 0.1) is 12.2 Å². The minimum absolute atomic E-state index is 0.0662. The van der Waals surface area contributed by atoms with Crippen molar-refractivity contribution in [3.05, 3.63) is 29.6 Å². The molecule has 0 aromatic heterocycles. The zero-order valence-corrected chi connectivity index (χ0v) is 9.70. The highest BCUT2D eigenvalue weighted by molar-refractivity contribution is 5.50. The van der Waals surface area contributed by atoms with Crippen LogP contribution in [0.1, 0.15) is 12.5 Å². The van der Waals surface area contributed by atoms with Crippen molar-refractivity contribution in [2.24, 2.45) is 0 Å². The third-order valence-electron chi connectivity index (χ3n) is 2.55. The Morgan fingerprint density at radius 3 is 2.75 bits per heavy atom. The molecule has 0 radical (unpaired) electrons. The van der Waals surface area contributed by atoms with Crippen molar-refractivity contribution in [1.29, 1.82) is 5.26 Å². The van der Waals surface area contributed by atoms with E-state index in [0.717, 1.165) is 5.69 Å². The minimum atomic E-state index is -0.489. The molecule has 4 heteroatoms. The Kier molecular flexibility index (Phi) is 4.27. The molecule has 0 aliphatic rings. The first-order valence-corrected chi connectivity index (χ1v) is 5.01. The second kappa shape index (κ2) is 5.47. The van der Waals surface area contributed by atoms with Crippen LogP contribution in [0.5, 0.6) is 0 Å². The van der Waals surface area contributed by atoms with Crippen LogP contribution in [-0.2, 0) is 4.74 Å². The van der Waals surface area contributed by atoms with Crippen LogP contribution in [0.25, 0.3) is 0 Å². The van der Waals surface area contributed by atoms with Gasteiger partial charge >= 0.3 is 0 Å². The Balaban J connectivity index is 2.89. The quantitative estimate of drug-likeness (QED) is 0.783. The van der Waals surface area contributed by atoms with E-state index in [1.807, 2.05) is 18.9 Å². The summed E-state index contributed by atoms with van der Waals surface area (Å²) >= 11 is 0. The molecule has 1 atom stereocenters. The molecule has 0 aliphatic heterocycles. The van der Waals surface area contributed by atoms with Crippen LogP contribution >= 0.6 is 0 Å². The van der Waals surface area contributed by atoms with Crippen molar-refractivity contribution in [1.82, 2.24) is 0 Å². The molecule has 0 bridgehead atoms. The Hall–Kier alpha value is -1.60. The van der Waals surface area contributed by atoms with Crippen molar-refractivity contribution in [2.75, 3.05) is 25.7 Å². The number of methoxy groups -OCH3 is 1. The first kappa shape index (κ1) is 12.5. The topological polar surface area (TPSA) is 36.3 Å². The molecule has 0 aliphatic carbocycles. The Labute approximate surface area is 95.1 Å². The van der Waals surface area contributed by atoms with Crippen LogP contribution < -0.4 is 4.90 Å². The standard InChI is InChI=1S/C12H15FN2O/c1-9(8-16-3)15(2)11-5-4-10(7-14)12(13)6-11/h4-6,9H,8H2,1-3H3. The number of ether oxygens (including phenoxy) is 1. The van der Waals surface area contributed by atoms with E-state index in [0.29, 0.717) is 6.61 Å². The maximum atomic E-state index is 13.4. The smallest absolute Gasteiger partial charge is 0.143 e. The monoisotopic (exact) mass is 222 g/mol. The van der Waals surface area contributed by atoms with Gasteiger partial charge in [-0.3, -0.25) is 0 Å². The molecule has 0 heterocycles. The molecule has 1 unspecified atom stereocenters. The molecule has 0 amide bonds. The van der Waals surface area contributed by atoms with Crippen molar-refractivity contribution in [3.8, 4) is 6.07 Å². The van der Waals surface area contributed by atoms with Gasteiger partial charge in [-0.05, 0) is 25.1 Å². The van der Waals surface area contributed by atoms with E-state index in [2.05, 4.69) is 0 Å². The van der Waals surface area contributed by atoms with E-state index in [4.69, 9.17) is 10.00 Å². The molecule has 3 nitrogen and oxygen atoms in total. The summed E-state index contributed by atoms with van der Waals surface area (Å²) in [5.74, 6) is -0.489. The molecule has 1 aromatic carbocycles. The fraction of sp³-hybridized carbons (Fsp3) is 0.417. The number of anilines is 1. The van der Waals surface area contributed by atoms with Gasteiger partial charge in [-0.25, -0.2) is 4.39 Å². The Bertz CT molecular complexity index is 400. The normalized spacial score (nSPS) is 11.9. The number of likely N-dealkylation sites (N-methyl/N-ethyl adjacent to an activating group) is 1. The molecule has 0 fully saturated rings. The van der Waals surface area contributed by atoms with E-state index < -0.39 is 5.82 Å². The summed E-state index contributed by atoms with van der Waals surface area (Å²) in [6.07, 6.45) is 0. The molecule has 16 heavy (non-hydrogen) atoms. The summed E-state index contributed by atoms with van der Waals surface area (Å²) in [5.41, 5.74) is 0.803. The van der Waals surface area contributed by atoms with Crippen LogP contribution in [0, 0.1) is 17.1 Å². The predicted octanol–water partition coefficient (Wildman–Crippen LogP) is 2.17. The molecule has 0 saturated carbocycles. The number of benzene rings is 1. The van der Waals surface area contributed by atoms with Crippen LogP contribution in [0.3, 0.4) is 0 Å². The molecule has 1 rings (SSSR count). The number of halogens is 1. The number of nitriles is 1. The number of hydrogen-bond acceptors (Lipinski definition) is 3. The average molecular weight is 222 g/mol. The second-order valence-corrected chi connectivity index (χ2v) is 3.69. The van der Waals surface area contributed by atoms with Crippen molar-refractivity contribution in [3.63, 3.8) is 0 Å². The zero-order chi connectivity index (χ0) is 12.1. The molecule has 0 spiro atoms. The summed E-state index contributed by atoms with van der Waals surface area (Å²) in [5, 5.41) is 8.62. The van der Waals surface area contributed by atoms with Gasteiger partial charge in [-0.2, -0.15) is 5.26 Å². The summed E-state index contributed by atoms with van der Waals surface area (Å²) in [7, 11) is 3.49. The van der Waals surface area contributed by atoms with Crippen LogP contribution in [0.15, 0.2) is 18.2 Å². The lowest BCUT2D eigenvalue weighted by atomic mass is 10.2. The first-order valence-electron chi connectivity index (χ1n) is 5.01. The van der Waals surface area contributed by atoms with Gasteiger partial charge in [-0.15, -0.1) is 0 Å². The highest BCUT2D eigenvalue weighted by Crippen LogP contribution is 2.19. The van der Waals surface area contributed by atoms with Crippen molar-refractivity contribution < 1.29 is 9.13 Å². The van der Waals surface area contributed by atoms with E-state index >= 15 is 0 Å². The number of rotatable bonds is 4. The highest BCUT2D eigenvalue weighted by Gasteiger charge is 2.11. The first-order chi connectivity index (χ1) is 7.60. The van der Waals surface area contributed by atoms with Crippen LogP contribution in [0.4, 0.5) is 10.1 Å². The lowest BCUT2D eigenvalue weighted by Gasteiger charge is -2.26. The highest BCUT2D eigenvalue weighted by atomic mass is 19.1. The fourth-order valence-corrected chi connectivity index (χ4v) is 1.42. The maximum absolute atomic E-state index is 13.4. The molecular formula is C12H15FN2O. The van der Waals surface area contributed by atoms with Gasteiger partial charge in [0.15, 0.2) is 0 Å². The van der Waals surface area contributed by atoms with Crippen LogP contribution in [0.2, 0.25) is 0 Å². The third kappa shape index (κ3) is 2.71. The van der Waals surface area contributed by atoms with Gasteiger partial charge in [0, 0.05) is 25.9 Å². The zero-order valence-electron chi connectivity index (χ0n) is 9.70. The molecule has 86 valence electrons. The summed E-state index contributed by atoms with van der Waals surface area (Å²) in [4.78, 5) is 1.91. The molecule has 0 N–H and O–H groups in total. The van der Waals surface area contributed by atoms with Crippen LogP contribution in [-0.4, -0.2) is 26.8 Å². The van der Waals surface area contributed by atoms with E-state index in [1.165, 1.54) is 12.1 Å². The van der Waals surface area contributed by atoms with E-state index in [9.17, 15) is 4.39 Å². The Morgan fingerprint density at radius 1 is 1.56 bits per heavy atom. The molecule has 1 aromatic rings.